The number of aliphatic hydroxyl groups excluding tert-OH is 1. The van der Waals surface area contributed by atoms with Gasteiger partial charge in [-0.15, -0.1) is 0 Å². The maximum Gasteiger partial charge on any atom is 0.115 e. The standard InChI is InChI=1S/C14H28O.C12H18O.Y/c1-2-3-4-5-9-12-14(15)13-10-7-6-8-11-13;1-4-12(9(2)3)10-6-5-7-11(13)8-10;/h13-15H,2-12H2,1H3;5-9,12-13H,4H2,1-3H3;. The molecule has 1 saturated carbocycles. The van der Waals surface area contributed by atoms with Crippen molar-refractivity contribution >= 4 is 0 Å². The smallest absolute Gasteiger partial charge is 0.115 e. The molecule has 0 saturated heterocycles. The van der Waals surface area contributed by atoms with Crippen LogP contribution in [0.1, 0.15) is 116 Å². The van der Waals surface area contributed by atoms with Crippen LogP contribution >= 0.6 is 0 Å². The number of hydrogen-bond acceptors (Lipinski definition) is 2. The van der Waals surface area contributed by atoms with E-state index in [0.29, 0.717) is 23.5 Å². The maximum absolute atomic E-state index is 10.0. The molecule has 0 spiro atoms. The Balaban J connectivity index is 0.000000527. The van der Waals surface area contributed by atoms with E-state index in [1.807, 2.05) is 12.1 Å². The SMILES string of the molecule is CCC(c1cccc(O)c1)C(C)C.CCCCCCCC(O)C1CCCCC1.[Y]. The Labute approximate surface area is 206 Å². The average Bonchev–Trinajstić information content (AvgIpc) is 2.69. The summed E-state index contributed by atoms with van der Waals surface area (Å²) < 4.78 is 0. The Morgan fingerprint density at radius 1 is 0.966 bits per heavy atom. The maximum atomic E-state index is 10.0. The van der Waals surface area contributed by atoms with Gasteiger partial charge in [0.1, 0.15) is 5.75 Å². The van der Waals surface area contributed by atoms with Crippen LogP contribution in [-0.4, -0.2) is 16.3 Å². The van der Waals surface area contributed by atoms with Crippen molar-refractivity contribution in [2.75, 3.05) is 0 Å². The van der Waals surface area contributed by atoms with E-state index in [1.54, 1.807) is 6.07 Å². The average molecular weight is 480 g/mol. The first-order valence-electron chi connectivity index (χ1n) is 12.0. The van der Waals surface area contributed by atoms with Gasteiger partial charge >= 0.3 is 0 Å². The third-order valence-corrected chi connectivity index (χ3v) is 6.34. The molecule has 1 aliphatic rings. The first-order chi connectivity index (χ1) is 13.5. The van der Waals surface area contributed by atoms with Crippen LogP contribution in [0, 0.1) is 11.8 Å². The van der Waals surface area contributed by atoms with Crippen molar-refractivity contribution in [3.8, 4) is 5.75 Å². The summed E-state index contributed by atoms with van der Waals surface area (Å²) in [6.07, 6.45) is 15.4. The Kier molecular flexibility index (Phi) is 17.8. The van der Waals surface area contributed by atoms with Crippen LogP contribution in [0.2, 0.25) is 0 Å². The van der Waals surface area contributed by atoms with Crippen LogP contribution < -0.4 is 0 Å². The molecule has 2 nitrogen and oxygen atoms in total. The van der Waals surface area contributed by atoms with Crippen LogP contribution in [0.4, 0.5) is 0 Å². The summed E-state index contributed by atoms with van der Waals surface area (Å²) in [6.45, 7) is 8.88. The van der Waals surface area contributed by atoms with Gasteiger partial charge in [0.05, 0.1) is 6.10 Å². The van der Waals surface area contributed by atoms with Gasteiger partial charge in [0.15, 0.2) is 0 Å². The molecule has 1 radical (unpaired) electrons. The van der Waals surface area contributed by atoms with Crippen LogP contribution in [0.3, 0.4) is 0 Å². The summed E-state index contributed by atoms with van der Waals surface area (Å²) in [6, 6.07) is 7.59. The molecule has 0 amide bonds. The predicted octanol–water partition coefficient (Wildman–Crippen LogP) is 7.83. The van der Waals surface area contributed by atoms with E-state index in [1.165, 1.54) is 69.8 Å². The van der Waals surface area contributed by atoms with Crippen molar-refractivity contribution in [3.63, 3.8) is 0 Å². The number of phenols is 1. The molecule has 0 bridgehead atoms. The van der Waals surface area contributed by atoms with Gasteiger partial charge in [-0.05, 0) is 61.1 Å². The first kappa shape index (κ1) is 29.1. The van der Waals surface area contributed by atoms with Crippen LogP contribution in [-0.2, 0) is 32.7 Å². The molecule has 2 N–H and O–H groups in total. The van der Waals surface area contributed by atoms with Crippen LogP contribution in [0.5, 0.6) is 5.75 Å². The van der Waals surface area contributed by atoms with Gasteiger partial charge in [0.25, 0.3) is 0 Å². The zero-order valence-electron chi connectivity index (χ0n) is 19.6. The second kappa shape index (κ2) is 17.7. The van der Waals surface area contributed by atoms with E-state index < -0.39 is 0 Å². The second-order valence-corrected chi connectivity index (χ2v) is 9.02. The molecule has 29 heavy (non-hydrogen) atoms. The third kappa shape index (κ3) is 12.5. The molecular formula is C26H46O2Y. The van der Waals surface area contributed by atoms with Crippen molar-refractivity contribution in [3.05, 3.63) is 29.8 Å². The topological polar surface area (TPSA) is 40.5 Å². The van der Waals surface area contributed by atoms with Gasteiger partial charge in [0.2, 0.25) is 0 Å². The number of phenolic OH excluding ortho intramolecular Hbond substituents is 1. The summed E-state index contributed by atoms with van der Waals surface area (Å²) in [4.78, 5) is 0. The Bertz CT molecular complexity index is 497. The summed E-state index contributed by atoms with van der Waals surface area (Å²) in [5.74, 6) is 2.19. The molecule has 3 heteroatoms. The Morgan fingerprint density at radius 3 is 2.17 bits per heavy atom. The monoisotopic (exact) mass is 479 g/mol. The Hall–Kier alpha value is 0.0839. The minimum absolute atomic E-state index is 0. The van der Waals surface area contributed by atoms with E-state index in [0.717, 1.165) is 12.8 Å². The fourth-order valence-electron chi connectivity index (χ4n) is 4.56. The van der Waals surface area contributed by atoms with Crippen molar-refractivity contribution in [1.29, 1.82) is 0 Å². The quantitative estimate of drug-likeness (QED) is 0.336. The number of hydrogen-bond donors (Lipinski definition) is 2. The van der Waals surface area contributed by atoms with Crippen LogP contribution in [0.15, 0.2) is 24.3 Å². The molecule has 1 aromatic rings. The Morgan fingerprint density at radius 2 is 1.62 bits per heavy atom. The molecule has 0 aromatic heterocycles. The van der Waals surface area contributed by atoms with Crippen molar-refractivity contribution in [1.82, 2.24) is 0 Å². The number of unbranched alkanes of at least 4 members (excludes halogenated alkanes) is 4. The molecule has 1 fully saturated rings. The summed E-state index contributed by atoms with van der Waals surface area (Å²) in [5.41, 5.74) is 1.25. The largest absolute Gasteiger partial charge is 0.508 e. The van der Waals surface area contributed by atoms with Gasteiger partial charge in [-0.3, -0.25) is 0 Å². The third-order valence-electron chi connectivity index (χ3n) is 6.34. The molecule has 0 heterocycles. The van der Waals surface area contributed by atoms with Gasteiger partial charge in [0, 0.05) is 32.7 Å². The molecule has 0 aliphatic heterocycles. The minimum atomic E-state index is 0. The molecule has 1 aliphatic carbocycles. The molecule has 2 atom stereocenters. The van der Waals surface area contributed by atoms with E-state index >= 15 is 0 Å². The summed E-state index contributed by atoms with van der Waals surface area (Å²) >= 11 is 0. The van der Waals surface area contributed by atoms with Crippen molar-refractivity contribution < 1.29 is 42.9 Å². The summed E-state index contributed by atoms with van der Waals surface area (Å²) in [7, 11) is 0. The van der Waals surface area contributed by atoms with Gasteiger partial charge in [-0.2, -0.15) is 0 Å². The van der Waals surface area contributed by atoms with Gasteiger partial charge in [-0.1, -0.05) is 91.2 Å². The van der Waals surface area contributed by atoms with Crippen LogP contribution in [0.25, 0.3) is 0 Å². The number of aromatic hydroxyl groups is 1. The molecule has 2 rings (SSSR count). The fourth-order valence-corrected chi connectivity index (χ4v) is 4.56. The van der Waals surface area contributed by atoms with Crippen molar-refractivity contribution in [2.24, 2.45) is 11.8 Å². The zero-order valence-corrected chi connectivity index (χ0v) is 22.4. The fraction of sp³-hybridized carbons (Fsp3) is 0.769. The molecule has 165 valence electrons. The van der Waals surface area contributed by atoms with Gasteiger partial charge < -0.3 is 10.2 Å². The number of benzene rings is 1. The molecule has 2 unspecified atom stereocenters. The van der Waals surface area contributed by atoms with E-state index in [4.69, 9.17) is 0 Å². The molecule has 1 aromatic carbocycles. The number of rotatable bonds is 10. The first-order valence-corrected chi connectivity index (χ1v) is 12.0. The second-order valence-electron chi connectivity index (χ2n) is 9.02. The predicted molar refractivity (Wildman–Crippen MR) is 122 cm³/mol. The van der Waals surface area contributed by atoms with E-state index in [-0.39, 0.29) is 38.8 Å². The number of aliphatic hydroxyl groups is 1. The zero-order chi connectivity index (χ0) is 20.8. The normalized spacial score (nSPS) is 16.5. The van der Waals surface area contributed by atoms with E-state index in [2.05, 4.69) is 33.8 Å². The van der Waals surface area contributed by atoms with Crippen molar-refractivity contribution in [2.45, 2.75) is 117 Å². The molecular weight excluding hydrogens is 433 g/mol. The van der Waals surface area contributed by atoms with Gasteiger partial charge in [-0.25, -0.2) is 0 Å². The van der Waals surface area contributed by atoms with E-state index in [9.17, 15) is 10.2 Å². The minimum Gasteiger partial charge on any atom is -0.508 e. The summed E-state index contributed by atoms with van der Waals surface area (Å²) in [5, 5.41) is 19.4.